The van der Waals surface area contributed by atoms with Gasteiger partial charge in [-0.25, -0.2) is 0 Å². The molecule has 0 radical (unpaired) electrons. The number of benzene rings is 2. The van der Waals surface area contributed by atoms with Crippen molar-refractivity contribution < 1.29 is 9.34 Å². The summed E-state index contributed by atoms with van der Waals surface area (Å²) in [6.45, 7) is 3.92. The molecule has 0 unspecified atom stereocenters. The minimum Gasteiger partial charge on any atom is -0.419 e. The number of rotatable bonds is 6. The minimum atomic E-state index is -0.453. The van der Waals surface area contributed by atoms with Gasteiger partial charge in [-0.3, -0.25) is 15.4 Å². The molecule has 0 aliphatic carbocycles. The lowest BCUT2D eigenvalue weighted by Gasteiger charge is -2.18. The van der Waals surface area contributed by atoms with Crippen LogP contribution in [0.4, 0.5) is 5.69 Å². The summed E-state index contributed by atoms with van der Waals surface area (Å²) < 4.78 is 5.71. The van der Waals surface area contributed by atoms with E-state index in [1.807, 2.05) is 38.1 Å². The number of aromatic nitrogens is 2. The molecule has 0 saturated heterocycles. The number of non-ortho nitro benzene ring substituents is 1. The summed E-state index contributed by atoms with van der Waals surface area (Å²) in [5.41, 5.74) is 1.62. The smallest absolute Gasteiger partial charge is 0.269 e. The molecule has 7 nitrogen and oxygen atoms in total. The van der Waals surface area contributed by atoms with Gasteiger partial charge in [0, 0.05) is 28.8 Å². The van der Waals surface area contributed by atoms with Gasteiger partial charge in [-0.05, 0) is 37.6 Å². The van der Waals surface area contributed by atoms with Crippen molar-refractivity contribution in [1.82, 2.24) is 15.5 Å². The van der Waals surface area contributed by atoms with Crippen LogP contribution in [0, 0.1) is 10.1 Å². The number of hydrogen-bond acceptors (Lipinski definition) is 6. The first kappa shape index (κ1) is 18.0. The van der Waals surface area contributed by atoms with Gasteiger partial charge in [0.15, 0.2) is 0 Å². The van der Waals surface area contributed by atoms with Crippen LogP contribution < -0.4 is 5.32 Å². The highest BCUT2D eigenvalue weighted by molar-refractivity contribution is 6.31. The molecule has 0 bridgehead atoms. The highest BCUT2D eigenvalue weighted by Crippen LogP contribution is 2.26. The molecule has 0 aliphatic rings. The van der Waals surface area contributed by atoms with Crippen molar-refractivity contribution in [3.63, 3.8) is 0 Å². The van der Waals surface area contributed by atoms with E-state index in [0.29, 0.717) is 22.4 Å². The maximum absolute atomic E-state index is 10.7. The Morgan fingerprint density at radius 2 is 1.77 bits per heavy atom. The zero-order chi connectivity index (χ0) is 18.7. The van der Waals surface area contributed by atoms with Gasteiger partial charge in [0.25, 0.3) is 5.69 Å². The molecular weight excluding hydrogens is 356 g/mol. The van der Waals surface area contributed by atoms with Crippen molar-refractivity contribution in [2.75, 3.05) is 0 Å². The second kappa shape index (κ2) is 7.63. The molecule has 1 aromatic heterocycles. The van der Waals surface area contributed by atoms with Crippen molar-refractivity contribution >= 4 is 17.3 Å². The molecule has 2 atom stereocenters. The fourth-order valence-electron chi connectivity index (χ4n) is 2.61. The standard InChI is InChI=1S/C18H17ClN4O3/c1-11(15-5-3-4-6-16(15)19)20-12(2)17-21-22-18(26-17)13-7-9-14(10-8-13)23(24)25/h3-12,20H,1-2H3/t11-,12-/m0/s1. The SMILES string of the molecule is C[C@H](N[C@@H](C)c1ccccc1Cl)c1nnc(-c2ccc([N+](=O)[O-])cc2)o1. The van der Waals surface area contributed by atoms with Gasteiger partial charge in [0.05, 0.1) is 11.0 Å². The van der Waals surface area contributed by atoms with E-state index in [2.05, 4.69) is 15.5 Å². The fraction of sp³-hybridized carbons (Fsp3) is 0.222. The second-order valence-corrected chi connectivity index (χ2v) is 6.29. The van der Waals surface area contributed by atoms with E-state index in [4.69, 9.17) is 16.0 Å². The third-order valence-electron chi connectivity index (χ3n) is 4.01. The molecular formula is C18H17ClN4O3. The highest BCUT2D eigenvalue weighted by atomic mass is 35.5. The van der Waals surface area contributed by atoms with Crippen LogP contribution in [0.15, 0.2) is 52.9 Å². The summed E-state index contributed by atoms with van der Waals surface area (Å²) in [5, 5.41) is 22.9. The van der Waals surface area contributed by atoms with Crippen LogP contribution in [0.3, 0.4) is 0 Å². The van der Waals surface area contributed by atoms with Gasteiger partial charge in [-0.2, -0.15) is 0 Å². The Morgan fingerprint density at radius 3 is 2.42 bits per heavy atom. The molecule has 134 valence electrons. The first-order valence-electron chi connectivity index (χ1n) is 8.04. The Balaban J connectivity index is 1.72. The van der Waals surface area contributed by atoms with Crippen LogP contribution in [0.25, 0.3) is 11.5 Å². The zero-order valence-corrected chi connectivity index (χ0v) is 15.0. The normalized spacial score (nSPS) is 13.3. The number of halogens is 1. The first-order valence-corrected chi connectivity index (χ1v) is 8.42. The molecule has 26 heavy (non-hydrogen) atoms. The molecule has 0 aliphatic heterocycles. The van der Waals surface area contributed by atoms with Gasteiger partial charge in [-0.15, -0.1) is 10.2 Å². The Labute approximate surface area is 155 Å². The van der Waals surface area contributed by atoms with Crippen LogP contribution in [-0.2, 0) is 0 Å². The van der Waals surface area contributed by atoms with Gasteiger partial charge >= 0.3 is 0 Å². The van der Waals surface area contributed by atoms with E-state index in [-0.39, 0.29) is 17.8 Å². The third kappa shape index (κ3) is 3.89. The Kier molecular flexibility index (Phi) is 5.29. The highest BCUT2D eigenvalue weighted by Gasteiger charge is 2.19. The zero-order valence-electron chi connectivity index (χ0n) is 14.2. The Hall–Kier alpha value is -2.77. The molecule has 2 aromatic carbocycles. The second-order valence-electron chi connectivity index (χ2n) is 5.88. The van der Waals surface area contributed by atoms with Gasteiger partial charge in [0.2, 0.25) is 11.8 Å². The van der Waals surface area contributed by atoms with Gasteiger partial charge < -0.3 is 4.42 Å². The molecule has 3 rings (SSSR count). The van der Waals surface area contributed by atoms with Crippen molar-refractivity contribution in [3.05, 3.63) is 75.1 Å². The molecule has 0 saturated carbocycles. The third-order valence-corrected chi connectivity index (χ3v) is 4.35. The average Bonchev–Trinajstić information content (AvgIpc) is 3.12. The van der Waals surface area contributed by atoms with E-state index in [1.165, 1.54) is 12.1 Å². The van der Waals surface area contributed by atoms with Crippen molar-refractivity contribution in [1.29, 1.82) is 0 Å². The number of nitro groups is 1. The summed E-state index contributed by atoms with van der Waals surface area (Å²) in [7, 11) is 0. The summed E-state index contributed by atoms with van der Waals surface area (Å²) in [6, 6.07) is 13.4. The van der Waals surface area contributed by atoms with Crippen LogP contribution in [0.1, 0.15) is 37.4 Å². The number of nitrogens with zero attached hydrogens (tertiary/aromatic N) is 3. The maximum Gasteiger partial charge on any atom is 0.269 e. The minimum absolute atomic E-state index is 0.00609. The lowest BCUT2D eigenvalue weighted by molar-refractivity contribution is -0.384. The first-order chi connectivity index (χ1) is 12.5. The monoisotopic (exact) mass is 372 g/mol. The van der Waals surface area contributed by atoms with Crippen molar-refractivity contribution in [3.8, 4) is 11.5 Å². The lowest BCUT2D eigenvalue weighted by atomic mass is 10.1. The molecule has 8 heteroatoms. The molecule has 1 N–H and O–H groups in total. The topological polar surface area (TPSA) is 94.1 Å². The summed E-state index contributed by atoms with van der Waals surface area (Å²) in [5.74, 6) is 0.742. The van der Waals surface area contributed by atoms with Gasteiger partial charge in [-0.1, -0.05) is 29.8 Å². The Bertz CT molecular complexity index is 911. The fourth-order valence-corrected chi connectivity index (χ4v) is 2.91. The van der Waals surface area contributed by atoms with E-state index in [0.717, 1.165) is 5.56 Å². The summed E-state index contributed by atoms with van der Waals surface area (Å²) in [6.07, 6.45) is 0. The van der Waals surface area contributed by atoms with Crippen LogP contribution in [0.5, 0.6) is 0 Å². The quantitative estimate of drug-likeness (QED) is 0.497. The summed E-state index contributed by atoms with van der Waals surface area (Å²) >= 11 is 6.23. The van der Waals surface area contributed by atoms with Crippen molar-refractivity contribution in [2.45, 2.75) is 25.9 Å². The number of nitro benzene ring substituents is 1. The predicted octanol–water partition coefficient (Wildman–Crippen LogP) is 4.71. The molecule has 3 aromatic rings. The summed E-state index contributed by atoms with van der Waals surface area (Å²) in [4.78, 5) is 10.3. The predicted molar refractivity (Wildman–Crippen MR) is 97.8 cm³/mol. The average molecular weight is 373 g/mol. The maximum atomic E-state index is 10.7. The number of nitrogens with one attached hydrogen (secondary N) is 1. The van der Waals surface area contributed by atoms with Gasteiger partial charge in [0.1, 0.15) is 0 Å². The van der Waals surface area contributed by atoms with E-state index in [9.17, 15) is 10.1 Å². The van der Waals surface area contributed by atoms with Crippen LogP contribution in [0.2, 0.25) is 5.02 Å². The van der Waals surface area contributed by atoms with Crippen LogP contribution >= 0.6 is 11.6 Å². The Morgan fingerprint density at radius 1 is 1.08 bits per heavy atom. The van der Waals surface area contributed by atoms with E-state index >= 15 is 0 Å². The lowest BCUT2D eigenvalue weighted by Crippen LogP contribution is -2.23. The molecule has 0 amide bonds. The van der Waals surface area contributed by atoms with Crippen LogP contribution in [-0.4, -0.2) is 15.1 Å². The largest absolute Gasteiger partial charge is 0.419 e. The molecule has 1 heterocycles. The molecule has 0 fully saturated rings. The van der Waals surface area contributed by atoms with E-state index in [1.54, 1.807) is 12.1 Å². The van der Waals surface area contributed by atoms with Crippen molar-refractivity contribution in [2.24, 2.45) is 0 Å². The molecule has 0 spiro atoms. The van der Waals surface area contributed by atoms with E-state index < -0.39 is 4.92 Å². The number of hydrogen-bond donors (Lipinski definition) is 1.